The molecule has 0 fully saturated rings. The first-order valence-electron chi connectivity index (χ1n) is 9.45. The van der Waals surface area contributed by atoms with Crippen LogP contribution in [0.3, 0.4) is 0 Å². The molecule has 0 aliphatic rings. The first-order chi connectivity index (χ1) is 14.2. The Labute approximate surface area is 180 Å². The number of aryl methyl sites for hydroxylation is 1. The molecule has 160 valence electrons. The molecule has 3 rings (SSSR count). The highest BCUT2D eigenvalue weighted by molar-refractivity contribution is 7.89. The summed E-state index contributed by atoms with van der Waals surface area (Å²) >= 11 is 1.29. The van der Waals surface area contributed by atoms with E-state index >= 15 is 0 Å². The number of nitrogens with zero attached hydrogens (tertiary/aromatic N) is 3. The second kappa shape index (κ2) is 9.50. The van der Waals surface area contributed by atoms with Gasteiger partial charge in [0.25, 0.3) is 0 Å². The Morgan fingerprint density at radius 3 is 2.57 bits per heavy atom. The average Bonchev–Trinajstić information content (AvgIpc) is 3.33. The molecule has 10 heteroatoms. The maximum Gasteiger partial charge on any atom is 0.243 e. The normalized spacial score (nSPS) is 11.9. The highest BCUT2D eigenvalue weighted by Crippen LogP contribution is 2.21. The van der Waals surface area contributed by atoms with Crippen molar-refractivity contribution in [3.63, 3.8) is 0 Å². The van der Waals surface area contributed by atoms with Gasteiger partial charge in [-0.2, -0.15) is 4.31 Å². The van der Waals surface area contributed by atoms with Gasteiger partial charge in [0.1, 0.15) is 10.8 Å². The summed E-state index contributed by atoms with van der Waals surface area (Å²) in [4.78, 5) is 12.7. The Kier molecular flexibility index (Phi) is 7.01. The molecule has 3 aromatic rings. The molecule has 30 heavy (non-hydrogen) atoms. The first-order valence-corrected chi connectivity index (χ1v) is 11.7. The summed E-state index contributed by atoms with van der Waals surface area (Å²) in [7, 11) is -3.91. The number of nitrogens with one attached hydrogen (secondary N) is 1. The fourth-order valence-corrected chi connectivity index (χ4v) is 5.05. The average molecular weight is 449 g/mol. The highest BCUT2D eigenvalue weighted by atomic mass is 32.2. The van der Waals surface area contributed by atoms with Crippen molar-refractivity contribution in [3.8, 4) is 0 Å². The van der Waals surface area contributed by atoms with Crippen LogP contribution in [0.2, 0.25) is 0 Å². The van der Waals surface area contributed by atoms with Gasteiger partial charge < -0.3 is 4.42 Å². The van der Waals surface area contributed by atoms with Crippen LogP contribution in [-0.2, 0) is 27.8 Å². The molecule has 2 aromatic heterocycles. The Balaban J connectivity index is 1.77. The van der Waals surface area contributed by atoms with Gasteiger partial charge in [-0.3, -0.25) is 10.1 Å². The van der Waals surface area contributed by atoms with Crippen LogP contribution in [0.15, 0.2) is 52.0 Å². The van der Waals surface area contributed by atoms with Crippen LogP contribution in [0, 0.1) is 12.8 Å². The molecule has 0 bridgehead atoms. The van der Waals surface area contributed by atoms with Gasteiger partial charge in [0, 0.05) is 6.42 Å². The zero-order valence-corrected chi connectivity index (χ0v) is 18.7. The molecule has 0 saturated carbocycles. The van der Waals surface area contributed by atoms with Gasteiger partial charge in [-0.05, 0) is 37.1 Å². The third-order valence-electron chi connectivity index (χ3n) is 4.19. The molecule has 1 aromatic carbocycles. The zero-order valence-electron chi connectivity index (χ0n) is 17.0. The van der Waals surface area contributed by atoms with Crippen LogP contribution in [0.1, 0.15) is 30.2 Å². The summed E-state index contributed by atoms with van der Waals surface area (Å²) in [5.41, 5.74) is 0.942. The van der Waals surface area contributed by atoms with E-state index in [1.54, 1.807) is 24.3 Å². The molecular weight excluding hydrogens is 424 g/mol. The van der Waals surface area contributed by atoms with E-state index in [0.29, 0.717) is 16.8 Å². The second-order valence-electron chi connectivity index (χ2n) is 7.31. The maximum absolute atomic E-state index is 13.2. The lowest BCUT2D eigenvalue weighted by atomic mass is 10.1. The third-order valence-corrected chi connectivity index (χ3v) is 6.85. The standard InChI is InChI=1S/C20H24N4O4S2/c1-14(2)11-19-22-23-20(29-19)21-18(25)13-24(12-16-5-4-10-28-16)30(26,27)17-8-6-15(3)7-9-17/h4-10,14H,11-13H2,1-3H3,(H,21,23,25). The Morgan fingerprint density at radius 1 is 1.20 bits per heavy atom. The lowest BCUT2D eigenvalue weighted by molar-refractivity contribution is -0.116. The van der Waals surface area contributed by atoms with Crippen molar-refractivity contribution >= 4 is 32.4 Å². The summed E-state index contributed by atoms with van der Waals surface area (Å²) in [6, 6.07) is 9.83. The van der Waals surface area contributed by atoms with Gasteiger partial charge in [-0.15, -0.1) is 10.2 Å². The van der Waals surface area contributed by atoms with Crippen molar-refractivity contribution in [2.45, 2.75) is 38.6 Å². The fraction of sp³-hybridized carbons (Fsp3) is 0.350. The van der Waals surface area contributed by atoms with Crippen molar-refractivity contribution < 1.29 is 17.6 Å². The van der Waals surface area contributed by atoms with Gasteiger partial charge in [-0.25, -0.2) is 8.42 Å². The molecule has 0 unspecified atom stereocenters. The topological polar surface area (TPSA) is 105 Å². The minimum absolute atomic E-state index is 0.0641. The number of anilines is 1. The number of benzene rings is 1. The van der Waals surface area contributed by atoms with E-state index in [1.165, 1.54) is 29.7 Å². The molecule has 0 radical (unpaired) electrons. The van der Waals surface area contributed by atoms with Crippen LogP contribution in [0.4, 0.5) is 5.13 Å². The van der Waals surface area contributed by atoms with E-state index in [9.17, 15) is 13.2 Å². The van der Waals surface area contributed by atoms with Gasteiger partial charge in [0.05, 0.1) is 24.2 Å². The predicted molar refractivity (Wildman–Crippen MR) is 115 cm³/mol. The second-order valence-corrected chi connectivity index (χ2v) is 10.3. The molecule has 8 nitrogen and oxygen atoms in total. The number of sulfonamides is 1. The zero-order chi connectivity index (χ0) is 21.7. The number of carbonyl (C=O) groups is 1. The third kappa shape index (κ3) is 5.74. The summed E-state index contributed by atoms with van der Waals surface area (Å²) in [5.74, 6) is 0.364. The smallest absolute Gasteiger partial charge is 0.243 e. The van der Waals surface area contributed by atoms with E-state index in [4.69, 9.17) is 4.42 Å². The molecule has 0 atom stereocenters. The Bertz CT molecular complexity index is 1070. The minimum Gasteiger partial charge on any atom is -0.468 e. The van der Waals surface area contributed by atoms with E-state index < -0.39 is 15.9 Å². The largest absolute Gasteiger partial charge is 0.468 e. The van der Waals surface area contributed by atoms with Crippen molar-refractivity contribution in [3.05, 3.63) is 59.0 Å². The number of hydrogen-bond donors (Lipinski definition) is 1. The van der Waals surface area contributed by atoms with E-state index in [-0.39, 0.29) is 18.0 Å². The molecule has 0 saturated heterocycles. The number of carbonyl (C=O) groups excluding carboxylic acids is 1. The monoisotopic (exact) mass is 448 g/mol. The van der Waals surface area contributed by atoms with Crippen LogP contribution in [0.5, 0.6) is 0 Å². The maximum atomic E-state index is 13.2. The Morgan fingerprint density at radius 2 is 1.93 bits per heavy atom. The minimum atomic E-state index is -3.91. The molecule has 0 aliphatic heterocycles. The summed E-state index contributed by atoms with van der Waals surface area (Å²) < 4.78 is 32.7. The van der Waals surface area contributed by atoms with Crippen molar-refractivity contribution in [1.29, 1.82) is 0 Å². The summed E-state index contributed by atoms with van der Waals surface area (Å²) in [6.45, 7) is 5.58. The summed E-state index contributed by atoms with van der Waals surface area (Å²) in [5, 5.41) is 11.8. The molecule has 1 amide bonds. The van der Waals surface area contributed by atoms with E-state index in [1.807, 2.05) is 6.92 Å². The van der Waals surface area contributed by atoms with E-state index in [0.717, 1.165) is 21.3 Å². The number of amides is 1. The van der Waals surface area contributed by atoms with Crippen LogP contribution >= 0.6 is 11.3 Å². The molecule has 1 N–H and O–H groups in total. The number of rotatable bonds is 9. The SMILES string of the molecule is Cc1ccc(S(=O)(=O)N(CC(=O)Nc2nnc(CC(C)C)s2)Cc2ccco2)cc1. The molecule has 0 aliphatic carbocycles. The van der Waals surface area contributed by atoms with Crippen molar-refractivity contribution in [1.82, 2.24) is 14.5 Å². The van der Waals surface area contributed by atoms with Crippen LogP contribution in [0.25, 0.3) is 0 Å². The molecule has 0 spiro atoms. The number of furan rings is 1. The first kappa shape index (κ1) is 22.1. The number of aromatic nitrogens is 2. The van der Waals surface area contributed by atoms with Gasteiger partial charge in [0.15, 0.2) is 0 Å². The lowest BCUT2D eigenvalue weighted by Gasteiger charge is -2.20. The predicted octanol–water partition coefficient (Wildman–Crippen LogP) is 3.47. The van der Waals surface area contributed by atoms with Crippen molar-refractivity contribution in [2.75, 3.05) is 11.9 Å². The van der Waals surface area contributed by atoms with Gasteiger partial charge in [0.2, 0.25) is 21.1 Å². The quantitative estimate of drug-likeness (QED) is 0.537. The van der Waals surface area contributed by atoms with Gasteiger partial charge >= 0.3 is 0 Å². The molecule has 2 heterocycles. The van der Waals surface area contributed by atoms with Crippen LogP contribution in [-0.4, -0.2) is 35.4 Å². The van der Waals surface area contributed by atoms with E-state index in [2.05, 4.69) is 29.4 Å². The Hall–Kier alpha value is -2.56. The summed E-state index contributed by atoms with van der Waals surface area (Å²) in [6.07, 6.45) is 2.23. The van der Waals surface area contributed by atoms with Crippen LogP contribution < -0.4 is 5.32 Å². The number of hydrogen-bond acceptors (Lipinski definition) is 7. The van der Waals surface area contributed by atoms with Crippen molar-refractivity contribution in [2.24, 2.45) is 5.92 Å². The highest BCUT2D eigenvalue weighted by Gasteiger charge is 2.28. The fourth-order valence-electron chi connectivity index (χ4n) is 2.72. The molecular formula is C20H24N4O4S2. The van der Waals surface area contributed by atoms with Gasteiger partial charge in [-0.1, -0.05) is 42.9 Å². The lowest BCUT2D eigenvalue weighted by Crippen LogP contribution is -2.37.